The Morgan fingerprint density at radius 3 is 2.54 bits per heavy atom. The quantitative estimate of drug-likeness (QED) is 0.653. The summed E-state index contributed by atoms with van der Waals surface area (Å²) >= 11 is 7.56. The second kappa shape index (κ2) is 8.96. The fourth-order valence-corrected chi connectivity index (χ4v) is 4.24. The molecular formula is C20H26ClN3OS. The Labute approximate surface area is 164 Å². The Kier molecular flexibility index (Phi) is 6.65. The number of imidazole rings is 1. The summed E-state index contributed by atoms with van der Waals surface area (Å²) in [7, 11) is 0. The van der Waals surface area contributed by atoms with Crippen LogP contribution in [0.1, 0.15) is 33.1 Å². The standard InChI is InChI=1S/C20H26ClN3OS/c1-15(2)13-24-18(16-6-8-17(21)9-7-16)12-22-20(24)26-14-19(25)23-10-4-3-5-11-23/h6-9,12,15H,3-5,10-11,13-14H2,1-2H3. The lowest BCUT2D eigenvalue weighted by molar-refractivity contribution is -0.129. The van der Waals surface area contributed by atoms with E-state index in [2.05, 4.69) is 23.4 Å². The normalized spacial score (nSPS) is 14.8. The predicted molar refractivity (Wildman–Crippen MR) is 109 cm³/mol. The van der Waals surface area contributed by atoms with Gasteiger partial charge in [-0.3, -0.25) is 4.79 Å². The fraction of sp³-hybridized carbons (Fsp3) is 0.500. The van der Waals surface area contributed by atoms with Crippen LogP contribution in [0, 0.1) is 5.92 Å². The van der Waals surface area contributed by atoms with Gasteiger partial charge in [0.05, 0.1) is 17.6 Å². The van der Waals surface area contributed by atoms with Crippen LogP contribution in [-0.4, -0.2) is 39.2 Å². The molecule has 1 amide bonds. The molecule has 2 heterocycles. The van der Waals surface area contributed by atoms with Crippen molar-refractivity contribution in [2.75, 3.05) is 18.8 Å². The van der Waals surface area contributed by atoms with Crippen molar-refractivity contribution in [1.29, 1.82) is 0 Å². The summed E-state index contributed by atoms with van der Waals surface area (Å²) in [5, 5.41) is 1.64. The Balaban J connectivity index is 1.75. The molecule has 1 aliphatic rings. The SMILES string of the molecule is CC(C)Cn1c(-c2ccc(Cl)cc2)cnc1SCC(=O)N1CCCCC1. The molecule has 0 N–H and O–H groups in total. The molecule has 0 bridgehead atoms. The van der Waals surface area contributed by atoms with Gasteiger partial charge in [0.25, 0.3) is 0 Å². The lowest BCUT2D eigenvalue weighted by Crippen LogP contribution is -2.36. The van der Waals surface area contributed by atoms with Gasteiger partial charge in [0.2, 0.25) is 5.91 Å². The highest BCUT2D eigenvalue weighted by molar-refractivity contribution is 7.99. The number of hydrogen-bond donors (Lipinski definition) is 0. The summed E-state index contributed by atoms with van der Waals surface area (Å²) < 4.78 is 2.22. The number of nitrogens with zero attached hydrogens (tertiary/aromatic N) is 3. The number of carbonyl (C=O) groups excluding carboxylic acids is 1. The van der Waals surface area contributed by atoms with Crippen molar-refractivity contribution in [2.24, 2.45) is 5.92 Å². The van der Waals surface area contributed by atoms with Gasteiger partial charge < -0.3 is 9.47 Å². The molecule has 3 rings (SSSR count). The molecule has 0 atom stereocenters. The van der Waals surface area contributed by atoms with Crippen molar-refractivity contribution < 1.29 is 4.79 Å². The van der Waals surface area contributed by atoms with Gasteiger partial charge in [-0.15, -0.1) is 0 Å². The largest absolute Gasteiger partial charge is 0.342 e. The molecule has 0 radical (unpaired) electrons. The summed E-state index contributed by atoms with van der Waals surface area (Å²) in [5.74, 6) is 1.17. The summed E-state index contributed by atoms with van der Waals surface area (Å²) in [6.45, 7) is 7.06. The van der Waals surface area contributed by atoms with E-state index in [1.54, 1.807) is 11.8 Å². The number of likely N-dealkylation sites (tertiary alicyclic amines) is 1. The van der Waals surface area contributed by atoms with Gasteiger partial charge in [-0.1, -0.05) is 49.3 Å². The van der Waals surface area contributed by atoms with Crippen molar-refractivity contribution in [2.45, 2.75) is 44.8 Å². The summed E-state index contributed by atoms with van der Waals surface area (Å²) in [6.07, 6.45) is 5.39. The predicted octanol–water partition coefficient (Wildman–Crippen LogP) is 4.96. The number of halogens is 1. The van der Waals surface area contributed by atoms with E-state index in [9.17, 15) is 4.79 Å². The van der Waals surface area contributed by atoms with Gasteiger partial charge in [-0.2, -0.15) is 0 Å². The zero-order valence-corrected chi connectivity index (χ0v) is 17.0. The molecule has 26 heavy (non-hydrogen) atoms. The molecule has 0 aliphatic carbocycles. The lowest BCUT2D eigenvalue weighted by atomic mass is 10.1. The maximum Gasteiger partial charge on any atom is 0.233 e. The average molecular weight is 392 g/mol. The number of thioether (sulfide) groups is 1. The van der Waals surface area contributed by atoms with Gasteiger partial charge in [0.1, 0.15) is 0 Å². The van der Waals surface area contributed by atoms with Crippen LogP contribution >= 0.6 is 23.4 Å². The first-order valence-electron chi connectivity index (χ1n) is 9.26. The molecule has 0 unspecified atom stereocenters. The van der Waals surface area contributed by atoms with Crippen molar-refractivity contribution >= 4 is 29.3 Å². The van der Waals surface area contributed by atoms with Crippen molar-refractivity contribution in [3.8, 4) is 11.3 Å². The highest BCUT2D eigenvalue weighted by Gasteiger charge is 2.19. The maximum atomic E-state index is 12.5. The first-order valence-corrected chi connectivity index (χ1v) is 10.6. The Bertz CT molecular complexity index is 736. The Morgan fingerprint density at radius 1 is 1.19 bits per heavy atom. The first kappa shape index (κ1) is 19.3. The number of piperidine rings is 1. The van der Waals surface area contributed by atoms with E-state index in [4.69, 9.17) is 11.6 Å². The van der Waals surface area contributed by atoms with Crippen LogP contribution in [0.2, 0.25) is 5.02 Å². The smallest absolute Gasteiger partial charge is 0.233 e. The van der Waals surface area contributed by atoms with Gasteiger partial charge >= 0.3 is 0 Å². The molecule has 4 nitrogen and oxygen atoms in total. The van der Waals surface area contributed by atoms with Gasteiger partial charge in [-0.25, -0.2) is 4.98 Å². The minimum Gasteiger partial charge on any atom is -0.342 e. The second-order valence-electron chi connectivity index (χ2n) is 7.17. The minimum absolute atomic E-state index is 0.224. The number of benzene rings is 1. The first-order chi connectivity index (χ1) is 12.5. The van der Waals surface area contributed by atoms with E-state index in [-0.39, 0.29) is 5.91 Å². The number of rotatable bonds is 6. The second-order valence-corrected chi connectivity index (χ2v) is 8.55. The highest BCUT2D eigenvalue weighted by atomic mass is 35.5. The van der Waals surface area contributed by atoms with Crippen molar-refractivity contribution in [3.05, 3.63) is 35.5 Å². The van der Waals surface area contributed by atoms with Crippen molar-refractivity contribution in [3.63, 3.8) is 0 Å². The average Bonchev–Trinajstić information content (AvgIpc) is 3.03. The van der Waals surface area contributed by atoms with Crippen molar-refractivity contribution in [1.82, 2.24) is 14.5 Å². The fourth-order valence-electron chi connectivity index (χ4n) is 3.23. The maximum absolute atomic E-state index is 12.5. The molecule has 1 saturated heterocycles. The molecule has 0 spiro atoms. The van der Waals surface area contributed by atoms with Gasteiger partial charge in [-0.05, 0) is 42.9 Å². The van der Waals surface area contributed by atoms with E-state index in [0.29, 0.717) is 11.7 Å². The zero-order chi connectivity index (χ0) is 18.5. The van der Waals surface area contributed by atoms with E-state index < -0.39 is 0 Å². The van der Waals surface area contributed by atoms with Crippen LogP contribution < -0.4 is 0 Å². The van der Waals surface area contributed by atoms with Gasteiger partial charge in [0.15, 0.2) is 5.16 Å². The summed E-state index contributed by atoms with van der Waals surface area (Å²) in [4.78, 5) is 19.1. The molecule has 1 fully saturated rings. The lowest BCUT2D eigenvalue weighted by Gasteiger charge is -2.26. The highest BCUT2D eigenvalue weighted by Crippen LogP contribution is 2.28. The van der Waals surface area contributed by atoms with Crippen LogP contribution in [0.3, 0.4) is 0 Å². The molecule has 1 aromatic heterocycles. The molecule has 1 aromatic carbocycles. The Morgan fingerprint density at radius 2 is 1.88 bits per heavy atom. The number of hydrogen-bond acceptors (Lipinski definition) is 3. The topological polar surface area (TPSA) is 38.1 Å². The minimum atomic E-state index is 0.224. The molecular weight excluding hydrogens is 366 g/mol. The summed E-state index contributed by atoms with van der Waals surface area (Å²) in [6, 6.07) is 7.83. The third kappa shape index (κ3) is 4.83. The third-order valence-corrected chi connectivity index (χ3v) is 5.77. The van der Waals surface area contributed by atoms with Crippen LogP contribution in [0.25, 0.3) is 11.3 Å². The van der Waals surface area contributed by atoms with E-state index in [1.807, 2.05) is 35.4 Å². The van der Waals surface area contributed by atoms with Crippen LogP contribution in [0.4, 0.5) is 0 Å². The van der Waals surface area contributed by atoms with Gasteiger partial charge in [0, 0.05) is 24.7 Å². The zero-order valence-electron chi connectivity index (χ0n) is 15.4. The Hall–Kier alpha value is -1.46. The molecule has 6 heteroatoms. The summed E-state index contributed by atoms with van der Waals surface area (Å²) in [5.41, 5.74) is 2.17. The number of aromatic nitrogens is 2. The van der Waals surface area contributed by atoms with Crippen LogP contribution in [-0.2, 0) is 11.3 Å². The molecule has 0 saturated carbocycles. The van der Waals surface area contributed by atoms with Crippen LogP contribution in [0.5, 0.6) is 0 Å². The number of carbonyl (C=O) groups is 1. The molecule has 140 valence electrons. The monoisotopic (exact) mass is 391 g/mol. The molecule has 1 aliphatic heterocycles. The molecule has 2 aromatic rings. The van der Waals surface area contributed by atoms with Crippen LogP contribution in [0.15, 0.2) is 35.6 Å². The third-order valence-electron chi connectivity index (χ3n) is 4.54. The number of amides is 1. The van der Waals surface area contributed by atoms with E-state index >= 15 is 0 Å². The van der Waals surface area contributed by atoms with E-state index in [1.165, 1.54) is 6.42 Å². The van der Waals surface area contributed by atoms with E-state index in [0.717, 1.165) is 53.9 Å².